The zero-order valence-corrected chi connectivity index (χ0v) is 22.2. The Morgan fingerprint density at radius 2 is 1.69 bits per heavy atom. The highest BCUT2D eigenvalue weighted by Gasteiger charge is 2.63. The molecule has 8 heteroatoms. The van der Waals surface area contributed by atoms with Gasteiger partial charge in [-0.05, 0) is 49.1 Å². The van der Waals surface area contributed by atoms with Crippen LogP contribution in [-0.4, -0.2) is 69.6 Å². The quantitative estimate of drug-likeness (QED) is 0.529. The standard InChI is InChI=1S/C27H42N2O5S/c1-18-4-9-23-19(2)24(33-25-27(23,31)22(18)10-11-26(3,30)34-25)32-17-21-7-5-20(6-8-21)16-28-12-14-29(35)15-13-28/h5-8,18-19,22-25,30-31,35H,4,9-17H2,1-3H3/t18-,19?,22+,23?,24?,25?,26+,27-/m1/s1. The fourth-order valence-electron chi connectivity index (χ4n) is 6.80. The number of nitrogens with zero attached hydrogens (tertiary/aromatic N) is 2. The average Bonchev–Trinajstić information content (AvgIpc) is 2.92. The van der Waals surface area contributed by atoms with Gasteiger partial charge in [-0.15, -0.1) is 0 Å². The van der Waals surface area contributed by atoms with Gasteiger partial charge in [0.2, 0.25) is 0 Å². The minimum absolute atomic E-state index is 0.0152. The highest BCUT2D eigenvalue weighted by atomic mass is 32.1. The van der Waals surface area contributed by atoms with Gasteiger partial charge in [-0.1, -0.05) is 50.9 Å². The molecule has 3 saturated heterocycles. The molecule has 0 aromatic heterocycles. The van der Waals surface area contributed by atoms with Crippen molar-refractivity contribution in [3.8, 4) is 0 Å². The second-order valence-corrected chi connectivity index (χ2v) is 12.1. The van der Waals surface area contributed by atoms with Crippen LogP contribution >= 0.6 is 12.8 Å². The van der Waals surface area contributed by atoms with Crippen LogP contribution in [0.1, 0.15) is 57.6 Å². The van der Waals surface area contributed by atoms with E-state index in [0.717, 1.165) is 57.5 Å². The molecule has 4 unspecified atom stereocenters. The predicted molar refractivity (Wildman–Crippen MR) is 136 cm³/mol. The molecule has 0 amide bonds. The number of aliphatic hydroxyl groups is 2. The molecule has 3 aliphatic heterocycles. The van der Waals surface area contributed by atoms with Gasteiger partial charge in [0.1, 0.15) is 5.60 Å². The summed E-state index contributed by atoms with van der Waals surface area (Å²) in [7, 11) is 0. The van der Waals surface area contributed by atoms with Crippen LogP contribution in [0.4, 0.5) is 0 Å². The predicted octanol–water partition coefficient (Wildman–Crippen LogP) is 3.40. The Morgan fingerprint density at radius 3 is 2.40 bits per heavy atom. The van der Waals surface area contributed by atoms with Crippen LogP contribution in [0.2, 0.25) is 0 Å². The Hall–Kier alpha value is -0.710. The van der Waals surface area contributed by atoms with Crippen molar-refractivity contribution in [2.24, 2.45) is 23.7 Å². The number of ether oxygens (including phenoxy) is 3. The van der Waals surface area contributed by atoms with Crippen molar-refractivity contribution in [2.45, 2.75) is 83.6 Å². The molecule has 196 valence electrons. The summed E-state index contributed by atoms with van der Waals surface area (Å²) in [6.45, 7) is 11.4. The second kappa shape index (κ2) is 10.2. The van der Waals surface area contributed by atoms with E-state index in [1.807, 2.05) is 0 Å². The van der Waals surface area contributed by atoms with E-state index < -0.39 is 24.0 Å². The first-order valence-corrected chi connectivity index (χ1v) is 13.7. The van der Waals surface area contributed by atoms with Gasteiger partial charge in [-0.3, -0.25) is 9.21 Å². The maximum Gasteiger partial charge on any atom is 0.193 e. The van der Waals surface area contributed by atoms with E-state index >= 15 is 0 Å². The summed E-state index contributed by atoms with van der Waals surface area (Å²) in [5.74, 6) is -0.858. The molecule has 7 nitrogen and oxygen atoms in total. The van der Waals surface area contributed by atoms with Gasteiger partial charge < -0.3 is 24.4 Å². The van der Waals surface area contributed by atoms with Crippen LogP contribution in [0.15, 0.2) is 24.3 Å². The summed E-state index contributed by atoms with van der Waals surface area (Å²) in [6.07, 6.45) is 1.82. The van der Waals surface area contributed by atoms with E-state index in [-0.39, 0.29) is 17.8 Å². The number of rotatable bonds is 5. The maximum absolute atomic E-state index is 12.0. The van der Waals surface area contributed by atoms with Gasteiger partial charge in [0.25, 0.3) is 0 Å². The second-order valence-electron chi connectivity index (χ2n) is 11.5. The molecule has 4 fully saturated rings. The molecule has 8 atom stereocenters. The van der Waals surface area contributed by atoms with Crippen molar-refractivity contribution in [3.05, 3.63) is 35.4 Å². The molecule has 4 aliphatic rings. The average molecular weight is 507 g/mol. The molecule has 1 aromatic rings. The number of hydrogen-bond acceptors (Lipinski definition) is 8. The molecule has 1 aromatic carbocycles. The van der Waals surface area contributed by atoms with E-state index in [4.69, 9.17) is 14.2 Å². The van der Waals surface area contributed by atoms with Crippen LogP contribution in [0.25, 0.3) is 0 Å². The lowest BCUT2D eigenvalue weighted by Gasteiger charge is -2.57. The Kier molecular flexibility index (Phi) is 7.57. The molecule has 2 N–H and O–H groups in total. The lowest BCUT2D eigenvalue weighted by Crippen LogP contribution is -2.67. The lowest BCUT2D eigenvalue weighted by molar-refractivity contribution is -0.409. The highest BCUT2D eigenvalue weighted by molar-refractivity contribution is 7.77. The summed E-state index contributed by atoms with van der Waals surface area (Å²) in [5, 5.41) is 22.7. The molecular formula is C27H42N2O5S. The van der Waals surface area contributed by atoms with E-state index in [0.29, 0.717) is 18.9 Å². The number of hydrogen-bond donors (Lipinski definition) is 3. The Morgan fingerprint density at radius 1 is 1.00 bits per heavy atom. The number of benzene rings is 1. The number of thiol groups is 1. The Balaban J connectivity index is 1.23. The minimum atomic E-state index is -1.32. The third-order valence-corrected chi connectivity index (χ3v) is 9.38. The van der Waals surface area contributed by atoms with Gasteiger partial charge in [-0.2, -0.15) is 0 Å². The molecular weight excluding hydrogens is 464 g/mol. The van der Waals surface area contributed by atoms with Crippen LogP contribution in [-0.2, 0) is 27.4 Å². The van der Waals surface area contributed by atoms with Crippen LogP contribution < -0.4 is 0 Å². The third-order valence-electron chi connectivity index (χ3n) is 8.98. The van der Waals surface area contributed by atoms with Crippen LogP contribution in [0.5, 0.6) is 0 Å². The van der Waals surface area contributed by atoms with Crippen molar-refractivity contribution in [1.82, 2.24) is 9.21 Å². The number of piperazine rings is 1. The van der Waals surface area contributed by atoms with Crippen molar-refractivity contribution in [1.29, 1.82) is 0 Å². The molecule has 1 saturated carbocycles. The maximum atomic E-state index is 12.0. The Labute approximate surface area is 215 Å². The van der Waals surface area contributed by atoms with E-state index in [1.54, 1.807) is 6.92 Å². The first-order chi connectivity index (χ1) is 16.7. The summed E-state index contributed by atoms with van der Waals surface area (Å²) in [4.78, 5) is 2.46. The highest BCUT2D eigenvalue weighted by Crippen LogP contribution is 2.55. The fourth-order valence-corrected chi connectivity index (χ4v) is 6.98. The van der Waals surface area contributed by atoms with Crippen molar-refractivity contribution < 1.29 is 24.4 Å². The van der Waals surface area contributed by atoms with Gasteiger partial charge in [-0.25, -0.2) is 0 Å². The SMILES string of the molecule is CC1C(OCc2ccc(CN3CCN(S)CC3)cc2)OC2O[C@](C)(O)CC[C@H]3[C@H](C)CCC1[C@@]23O. The summed E-state index contributed by atoms with van der Waals surface area (Å²) in [5.41, 5.74) is 1.29. The van der Waals surface area contributed by atoms with Crippen molar-refractivity contribution >= 4 is 12.8 Å². The van der Waals surface area contributed by atoms with Gasteiger partial charge >= 0.3 is 0 Å². The molecule has 0 radical (unpaired) electrons. The topological polar surface area (TPSA) is 74.6 Å². The van der Waals surface area contributed by atoms with Crippen molar-refractivity contribution in [3.63, 3.8) is 0 Å². The van der Waals surface area contributed by atoms with Crippen LogP contribution in [0.3, 0.4) is 0 Å². The first kappa shape index (κ1) is 25.9. The monoisotopic (exact) mass is 506 g/mol. The third kappa shape index (κ3) is 5.32. The van der Waals surface area contributed by atoms with Crippen LogP contribution in [0, 0.1) is 23.7 Å². The smallest absolute Gasteiger partial charge is 0.193 e. The van der Waals surface area contributed by atoms with Gasteiger partial charge in [0.15, 0.2) is 18.4 Å². The van der Waals surface area contributed by atoms with Gasteiger partial charge in [0.05, 0.1) is 6.61 Å². The molecule has 0 bridgehead atoms. The molecule has 3 heterocycles. The lowest BCUT2D eigenvalue weighted by atomic mass is 9.58. The summed E-state index contributed by atoms with van der Waals surface area (Å²) >= 11 is 4.43. The molecule has 5 rings (SSSR count). The normalized spacial score (nSPS) is 42.9. The summed E-state index contributed by atoms with van der Waals surface area (Å²) in [6, 6.07) is 8.60. The zero-order valence-electron chi connectivity index (χ0n) is 21.3. The summed E-state index contributed by atoms with van der Waals surface area (Å²) < 4.78 is 20.7. The largest absolute Gasteiger partial charge is 0.384 e. The molecule has 1 aliphatic carbocycles. The fraction of sp³-hybridized carbons (Fsp3) is 0.778. The molecule has 0 spiro atoms. The zero-order chi connectivity index (χ0) is 24.8. The van der Waals surface area contributed by atoms with E-state index in [9.17, 15) is 10.2 Å². The molecule has 35 heavy (non-hydrogen) atoms. The van der Waals surface area contributed by atoms with E-state index in [1.165, 1.54) is 5.56 Å². The first-order valence-electron chi connectivity index (χ1n) is 13.3. The minimum Gasteiger partial charge on any atom is -0.384 e. The van der Waals surface area contributed by atoms with E-state index in [2.05, 4.69) is 60.1 Å². The van der Waals surface area contributed by atoms with Crippen molar-refractivity contribution in [2.75, 3.05) is 26.2 Å². The van der Waals surface area contributed by atoms with Gasteiger partial charge in [0, 0.05) is 51.0 Å². The Bertz CT molecular complexity index is 862.